The Labute approximate surface area is 223 Å². The third-order valence-corrected chi connectivity index (χ3v) is 7.33. The number of rotatable bonds is 8. The molecule has 0 unspecified atom stereocenters. The van der Waals surface area contributed by atoms with Gasteiger partial charge in [-0.25, -0.2) is 15.0 Å². The topological polar surface area (TPSA) is 95.5 Å². The summed E-state index contributed by atoms with van der Waals surface area (Å²) in [5, 5.41) is 6.35. The smallest absolute Gasteiger partial charge is 0.251 e. The second kappa shape index (κ2) is 11.7. The van der Waals surface area contributed by atoms with Crippen LogP contribution in [0.3, 0.4) is 0 Å². The molecule has 0 spiro atoms. The first kappa shape index (κ1) is 26.6. The third kappa shape index (κ3) is 6.29. The lowest BCUT2D eigenvalue weighted by atomic mass is 10.0. The molecule has 0 radical (unpaired) electrons. The van der Waals surface area contributed by atoms with Crippen molar-refractivity contribution in [3.05, 3.63) is 64.6 Å². The van der Waals surface area contributed by atoms with Gasteiger partial charge in [-0.1, -0.05) is 11.6 Å². The molecule has 10 heteroatoms. The quantitative estimate of drug-likeness (QED) is 0.458. The molecule has 0 saturated carbocycles. The van der Waals surface area contributed by atoms with Gasteiger partial charge < -0.3 is 20.3 Å². The minimum absolute atomic E-state index is 0.190. The van der Waals surface area contributed by atoms with Gasteiger partial charge in [0.25, 0.3) is 5.91 Å². The summed E-state index contributed by atoms with van der Waals surface area (Å²) < 4.78 is 5.35. The molecule has 196 valence electrons. The van der Waals surface area contributed by atoms with Crippen LogP contribution in [0.1, 0.15) is 35.3 Å². The summed E-state index contributed by atoms with van der Waals surface area (Å²) in [4.78, 5) is 30.4. The molecule has 1 aliphatic rings. The number of nitrogens with zero attached hydrogens (tertiary/aromatic N) is 5. The zero-order valence-corrected chi connectivity index (χ0v) is 22.7. The first-order valence-corrected chi connectivity index (χ1v) is 12.8. The van der Waals surface area contributed by atoms with E-state index in [-0.39, 0.29) is 5.91 Å². The number of hydrogen-bond acceptors (Lipinski definition) is 8. The highest BCUT2D eigenvalue weighted by molar-refractivity contribution is 6.33. The van der Waals surface area contributed by atoms with Crippen molar-refractivity contribution in [3.8, 4) is 5.75 Å². The third-order valence-electron chi connectivity index (χ3n) is 6.90. The Kier molecular flexibility index (Phi) is 8.45. The number of halogens is 1. The maximum absolute atomic E-state index is 12.1. The van der Waals surface area contributed by atoms with E-state index in [2.05, 4.69) is 56.3 Å². The van der Waals surface area contributed by atoms with E-state index >= 15 is 0 Å². The number of carbonyl (C=O) groups excluding carboxylic acids is 1. The van der Waals surface area contributed by atoms with Crippen molar-refractivity contribution >= 4 is 35.0 Å². The van der Waals surface area contributed by atoms with E-state index in [9.17, 15) is 4.79 Å². The van der Waals surface area contributed by atoms with Crippen LogP contribution in [-0.4, -0.2) is 72.1 Å². The lowest BCUT2D eigenvalue weighted by Crippen LogP contribution is -2.55. The van der Waals surface area contributed by atoms with Crippen molar-refractivity contribution < 1.29 is 9.53 Å². The molecular weight excluding hydrogens is 490 g/mol. The van der Waals surface area contributed by atoms with Gasteiger partial charge in [0.2, 0.25) is 5.95 Å². The van der Waals surface area contributed by atoms with Crippen LogP contribution in [0, 0.1) is 0 Å². The fraction of sp³-hybridized carbons (Fsp3) is 0.407. The molecule has 1 aromatic carbocycles. The predicted octanol–water partition coefficient (Wildman–Crippen LogP) is 3.95. The predicted molar refractivity (Wildman–Crippen MR) is 147 cm³/mol. The van der Waals surface area contributed by atoms with Gasteiger partial charge in [0.05, 0.1) is 24.0 Å². The number of ether oxygens (including phenoxy) is 1. The number of anilines is 3. The summed E-state index contributed by atoms with van der Waals surface area (Å²) in [5.41, 5.74) is 3.12. The molecule has 1 aliphatic heterocycles. The SMILES string of the molecule is CNC(=O)c1cc(CCc2cnc(Nc3ccc(N4C[C@@H](C)N(C)[C@@H](C)C4)nc3)nc2)c(Cl)c(OC)c1. The molecule has 1 fully saturated rings. The fourth-order valence-electron chi connectivity index (χ4n) is 4.46. The molecule has 1 amide bonds. The van der Waals surface area contributed by atoms with Gasteiger partial charge in [0, 0.05) is 50.2 Å². The molecule has 2 aromatic heterocycles. The molecule has 0 bridgehead atoms. The van der Waals surface area contributed by atoms with Crippen LogP contribution >= 0.6 is 11.6 Å². The largest absolute Gasteiger partial charge is 0.495 e. The second-order valence-corrected chi connectivity index (χ2v) is 9.82. The van der Waals surface area contributed by atoms with Crippen LogP contribution in [0.5, 0.6) is 5.75 Å². The van der Waals surface area contributed by atoms with Crippen LogP contribution in [-0.2, 0) is 12.8 Å². The molecule has 2 N–H and O–H groups in total. The van der Waals surface area contributed by atoms with Crippen molar-refractivity contribution in [3.63, 3.8) is 0 Å². The van der Waals surface area contributed by atoms with E-state index in [0.717, 1.165) is 35.7 Å². The van der Waals surface area contributed by atoms with Crippen LogP contribution in [0.4, 0.5) is 17.5 Å². The Morgan fingerprint density at radius 2 is 1.78 bits per heavy atom. The number of piperazine rings is 1. The second-order valence-electron chi connectivity index (χ2n) is 9.44. The number of pyridine rings is 1. The van der Waals surface area contributed by atoms with E-state index in [4.69, 9.17) is 16.3 Å². The van der Waals surface area contributed by atoms with E-state index < -0.39 is 0 Å². The van der Waals surface area contributed by atoms with Gasteiger partial charge in [0.1, 0.15) is 11.6 Å². The van der Waals surface area contributed by atoms with Gasteiger partial charge in [-0.15, -0.1) is 0 Å². The van der Waals surface area contributed by atoms with Crippen molar-refractivity contribution in [2.24, 2.45) is 0 Å². The molecule has 1 saturated heterocycles. The highest BCUT2D eigenvalue weighted by Gasteiger charge is 2.27. The molecule has 3 heterocycles. The lowest BCUT2D eigenvalue weighted by Gasteiger charge is -2.43. The van der Waals surface area contributed by atoms with Crippen LogP contribution in [0.15, 0.2) is 42.9 Å². The zero-order valence-electron chi connectivity index (χ0n) is 22.0. The van der Waals surface area contributed by atoms with Gasteiger partial charge in [0.15, 0.2) is 0 Å². The first-order valence-electron chi connectivity index (χ1n) is 12.4. The number of carbonyl (C=O) groups is 1. The molecule has 2 atom stereocenters. The average Bonchev–Trinajstić information content (AvgIpc) is 2.91. The fourth-order valence-corrected chi connectivity index (χ4v) is 4.74. The summed E-state index contributed by atoms with van der Waals surface area (Å²) in [5.74, 6) is 1.76. The van der Waals surface area contributed by atoms with Crippen molar-refractivity contribution in [1.29, 1.82) is 0 Å². The molecule has 3 aromatic rings. The molecule has 4 rings (SSSR count). The molecular formula is C27H34ClN7O2. The Bertz CT molecular complexity index is 1210. The van der Waals surface area contributed by atoms with Crippen LogP contribution in [0.25, 0.3) is 0 Å². The van der Waals surface area contributed by atoms with Crippen LogP contribution < -0.4 is 20.3 Å². The summed E-state index contributed by atoms with van der Waals surface area (Å²) in [6.07, 6.45) is 6.67. The zero-order chi connectivity index (χ0) is 26.5. The van der Waals surface area contributed by atoms with E-state index in [1.54, 1.807) is 31.6 Å². The summed E-state index contributed by atoms with van der Waals surface area (Å²) in [6, 6.07) is 8.43. The number of aromatic nitrogens is 3. The number of hydrogen-bond donors (Lipinski definition) is 2. The van der Waals surface area contributed by atoms with Gasteiger partial charge in [-0.05, 0) is 69.1 Å². The Morgan fingerprint density at radius 1 is 1.08 bits per heavy atom. The molecule has 9 nitrogen and oxygen atoms in total. The number of likely N-dealkylation sites (N-methyl/N-ethyl adjacent to an activating group) is 1. The summed E-state index contributed by atoms with van der Waals surface area (Å²) in [6.45, 7) is 6.40. The number of methoxy groups -OCH3 is 1. The van der Waals surface area contributed by atoms with E-state index in [0.29, 0.717) is 47.2 Å². The number of amides is 1. The minimum Gasteiger partial charge on any atom is -0.495 e. The minimum atomic E-state index is -0.190. The van der Waals surface area contributed by atoms with Crippen molar-refractivity contribution in [2.75, 3.05) is 44.5 Å². The summed E-state index contributed by atoms with van der Waals surface area (Å²) >= 11 is 6.48. The molecule has 37 heavy (non-hydrogen) atoms. The number of nitrogens with one attached hydrogen (secondary N) is 2. The highest BCUT2D eigenvalue weighted by Crippen LogP contribution is 2.31. The number of aryl methyl sites for hydroxylation is 2. The van der Waals surface area contributed by atoms with Crippen molar-refractivity contribution in [2.45, 2.75) is 38.8 Å². The maximum Gasteiger partial charge on any atom is 0.251 e. The summed E-state index contributed by atoms with van der Waals surface area (Å²) in [7, 11) is 5.30. The van der Waals surface area contributed by atoms with E-state index in [1.807, 2.05) is 18.3 Å². The number of benzene rings is 1. The van der Waals surface area contributed by atoms with Crippen molar-refractivity contribution in [1.82, 2.24) is 25.2 Å². The Morgan fingerprint density at radius 3 is 2.38 bits per heavy atom. The van der Waals surface area contributed by atoms with Crippen LogP contribution in [0.2, 0.25) is 5.02 Å². The Hall–Kier alpha value is -3.43. The maximum atomic E-state index is 12.1. The monoisotopic (exact) mass is 523 g/mol. The van der Waals surface area contributed by atoms with E-state index in [1.165, 1.54) is 7.11 Å². The Balaban J connectivity index is 1.37. The first-order chi connectivity index (χ1) is 17.8. The van der Waals surface area contributed by atoms with Gasteiger partial charge >= 0.3 is 0 Å². The highest BCUT2D eigenvalue weighted by atomic mass is 35.5. The average molecular weight is 524 g/mol. The molecule has 0 aliphatic carbocycles. The lowest BCUT2D eigenvalue weighted by molar-refractivity contribution is 0.0962. The van der Waals surface area contributed by atoms with Gasteiger partial charge in [-0.2, -0.15) is 0 Å². The van der Waals surface area contributed by atoms with Gasteiger partial charge in [-0.3, -0.25) is 9.69 Å². The standard InChI is InChI=1S/C27H34ClN7O2/c1-17-15-35(16-18(2)34(17)4)24-9-8-22(14-30-24)33-27-31-12-19(13-32-27)6-7-20-10-21(26(36)29-3)11-23(37-5)25(20)28/h8-14,17-18H,6-7,15-16H2,1-5H3,(H,29,36)(H,31,32,33)/t17-,18+. The normalized spacial score (nSPS) is 17.9.